The summed E-state index contributed by atoms with van der Waals surface area (Å²) in [6.45, 7) is -0.287. The number of nitrogens with two attached hydrogens (primary N) is 1. The number of hydrogen-bond acceptors (Lipinski definition) is 6. The van der Waals surface area contributed by atoms with Gasteiger partial charge >= 0.3 is 5.97 Å². The van der Waals surface area contributed by atoms with Crippen molar-refractivity contribution in [2.75, 3.05) is 13.7 Å². The van der Waals surface area contributed by atoms with Gasteiger partial charge in [0.1, 0.15) is 5.82 Å². The topological polar surface area (TPSA) is 100 Å². The second-order valence-corrected chi connectivity index (χ2v) is 5.51. The number of methoxy groups -OCH3 is 1. The Labute approximate surface area is 153 Å². The zero-order valence-corrected chi connectivity index (χ0v) is 14.3. The average Bonchev–Trinajstić information content (AvgIpc) is 3.01. The Hall–Kier alpha value is -3.68. The Morgan fingerprint density at radius 2 is 2.07 bits per heavy atom. The lowest BCUT2D eigenvalue weighted by Crippen LogP contribution is -2.20. The van der Waals surface area contributed by atoms with Crippen molar-refractivity contribution in [1.29, 1.82) is 0 Å². The Morgan fingerprint density at radius 1 is 1.26 bits per heavy atom. The molecule has 3 rings (SSSR count). The lowest BCUT2D eigenvalue weighted by Gasteiger charge is -2.09. The molecule has 0 radical (unpaired) electrons. The predicted octanol–water partition coefficient (Wildman–Crippen LogP) is 2.04. The first-order chi connectivity index (χ1) is 13.0. The van der Waals surface area contributed by atoms with Crippen LogP contribution in [0.15, 0.2) is 53.2 Å². The first kappa shape index (κ1) is 18.1. The summed E-state index contributed by atoms with van der Waals surface area (Å²) >= 11 is 0. The maximum absolute atomic E-state index is 13.3. The van der Waals surface area contributed by atoms with Gasteiger partial charge in [0, 0.05) is 5.56 Å². The fourth-order valence-corrected chi connectivity index (χ4v) is 2.35. The lowest BCUT2D eigenvalue weighted by atomic mass is 10.1. The highest BCUT2D eigenvalue weighted by atomic mass is 19.1. The number of nitrogens with zero attached hydrogens (tertiary/aromatic N) is 1. The van der Waals surface area contributed by atoms with Gasteiger partial charge in [-0.1, -0.05) is 12.1 Å². The van der Waals surface area contributed by atoms with Crippen molar-refractivity contribution < 1.29 is 28.2 Å². The summed E-state index contributed by atoms with van der Waals surface area (Å²) in [7, 11) is 1.44. The number of ether oxygens (including phenoxy) is 3. The number of primary amides is 1. The number of cyclic esters (lactones) is 1. The van der Waals surface area contributed by atoms with Crippen molar-refractivity contribution in [2.24, 2.45) is 10.7 Å². The third kappa shape index (κ3) is 4.30. The summed E-state index contributed by atoms with van der Waals surface area (Å²) in [5, 5.41) is 0. The zero-order valence-electron chi connectivity index (χ0n) is 14.3. The molecule has 8 heteroatoms. The molecule has 0 bridgehead atoms. The van der Waals surface area contributed by atoms with Crippen LogP contribution >= 0.6 is 0 Å². The van der Waals surface area contributed by atoms with Gasteiger partial charge in [0.2, 0.25) is 5.90 Å². The first-order valence-corrected chi connectivity index (χ1v) is 7.84. The van der Waals surface area contributed by atoms with E-state index in [-0.39, 0.29) is 18.2 Å². The molecule has 0 atom stereocenters. The fraction of sp³-hybridized carbons (Fsp3) is 0.105. The molecular weight excluding hydrogens is 355 g/mol. The van der Waals surface area contributed by atoms with Gasteiger partial charge in [0.15, 0.2) is 23.8 Å². The molecule has 2 aromatic carbocycles. The van der Waals surface area contributed by atoms with Crippen molar-refractivity contribution in [3.8, 4) is 11.5 Å². The van der Waals surface area contributed by atoms with Crippen LogP contribution in [0.2, 0.25) is 0 Å². The highest BCUT2D eigenvalue weighted by Gasteiger charge is 2.24. The molecule has 1 amide bonds. The van der Waals surface area contributed by atoms with Crippen LogP contribution < -0.4 is 15.2 Å². The van der Waals surface area contributed by atoms with E-state index in [1.807, 2.05) is 0 Å². The third-order valence-electron chi connectivity index (χ3n) is 3.55. The molecule has 0 saturated heterocycles. The molecule has 1 heterocycles. The predicted molar refractivity (Wildman–Crippen MR) is 94.7 cm³/mol. The minimum Gasteiger partial charge on any atom is -0.493 e. The largest absolute Gasteiger partial charge is 0.493 e. The second kappa shape index (κ2) is 7.69. The van der Waals surface area contributed by atoms with E-state index in [0.29, 0.717) is 22.6 Å². The van der Waals surface area contributed by atoms with Gasteiger partial charge in [0.25, 0.3) is 5.91 Å². The molecule has 0 aliphatic carbocycles. The Morgan fingerprint density at radius 3 is 2.78 bits per heavy atom. The molecule has 1 aliphatic rings. The minimum atomic E-state index is -0.651. The molecule has 0 spiro atoms. The molecular formula is C19H15FN2O5. The highest BCUT2D eigenvalue weighted by molar-refractivity contribution is 6.12. The van der Waals surface area contributed by atoms with Gasteiger partial charge in [-0.3, -0.25) is 4.79 Å². The molecule has 0 fully saturated rings. The molecule has 0 unspecified atom stereocenters. The normalized spacial score (nSPS) is 14.7. The fourth-order valence-electron chi connectivity index (χ4n) is 2.35. The van der Waals surface area contributed by atoms with Crippen molar-refractivity contribution in [3.05, 3.63) is 65.1 Å². The Kier molecular flexibility index (Phi) is 5.16. The number of hydrogen-bond donors (Lipinski definition) is 1. The standard InChI is InChI=1S/C19H15FN2O5/c1-25-16-8-11(5-6-15(16)26-10-17(21)23)7-14-19(24)27-18(22-14)12-3-2-4-13(20)9-12/h2-9H,10H2,1H3,(H2,21,23). The number of benzene rings is 2. The first-order valence-electron chi connectivity index (χ1n) is 7.84. The van der Waals surface area contributed by atoms with Crippen molar-refractivity contribution >= 4 is 23.9 Å². The summed E-state index contributed by atoms with van der Waals surface area (Å²) in [5.74, 6) is -1.01. The molecule has 138 valence electrons. The molecule has 1 aliphatic heterocycles. The number of amides is 1. The maximum Gasteiger partial charge on any atom is 0.363 e. The minimum absolute atomic E-state index is 0.0270. The van der Waals surface area contributed by atoms with Crippen LogP contribution in [0.4, 0.5) is 4.39 Å². The molecule has 2 aromatic rings. The van der Waals surface area contributed by atoms with Crippen LogP contribution in [-0.2, 0) is 14.3 Å². The van der Waals surface area contributed by atoms with E-state index in [1.165, 1.54) is 31.4 Å². The van der Waals surface area contributed by atoms with Crippen LogP contribution in [0.25, 0.3) is 6.08 Å². The van der Waals surface area contributed by atoms with Crippen molar-refractivity contribution in [3.63, 3.8) is 0 Å². The molecule has 0 saturated carbocycles. The molecule has 0 aromatic heterocycles. The number of esters is 1. The van der Waals surface area contributed by atoms with Gasteiger partial charge in [-0.15, -0.1) is 0 Å². The Balaban J connectivity index is 1.87. The SMILES string of the molecule is COc1cc(C=C2N=C(c3cccc(F)c3)OC2=O)ccc1OCC(N)=O. The van der Waals surface area contributed by atoms with E-state index >= 15 is 0 Å². The number of rotatable bonds is 6. The van der Waals surface area contributed by atoms with Crippen LogP contribution in [0.5, 0.6) is 11.5 Å². The van der Waals surface area contributed by atoms with E-state index in [4.69, 9.17) is 19.9 Å². The molecule has 7 nitrogen and oxygen atoms in total. The van der Waals surface area contributed by atoms with E-state index in [0.717, 1.165) is 0 Å². The van der Waals surface area contributed by atoms with Gasteiger partial charge < -0.3 is 19.9 Å². The van der Waals surface area contributed by atoms with E-state index < -0.39 is 17.7 Å². The average molecular weight is 370 g/mol. The van der Waals surface area contributed by atoms with Crippen LogP contribution in [0, 0.1) is 5.82 Å². The van der Waals surface area contributed by atoms with E-state index in [2.05, 4.69) is 4.99 Å². The number of aliphatic imine (C=N–C) groups is 1. The summed E-state index contributed by atoms with van der Waals surface area (Å²) in [6.07, 6.45) is 1.50. The van der Waals surface area contributed by atoms with Gasteiger partial charge in [-0.25, -0.2) is 14.2 Å². The Bertz CT molecular complexity index is 968. The third-order valence-corrected chi connectivity index (χ3v) is 3.55. The summed E-state index contributed by atoms with van der Waals surface area (Å²) in [6, 6.07) is 10.4. The van der Waals surface area contributed by atoms with Crippen LogP contribution in [0.3, 0.4) is 0 Å². The van der Waals surface area contributed by atoms with E-state index in [9.17, 15) is 14.0 Å². The van der Waals surface area contributed by atoms with Gasteiger partial charge in [-0.05, 0) is 42.0 Å². The number of halogens is 1. The quantitative estimate of drug-likeness (QED) is 0.620. The van der Waals surface area contributed by atoms with Crippen molar-refractivity contribution in [2.45, 2.75) is 0 Å². The smallest absolute Gasteiger partial charge is 0.363 e. The number of carbonyl (C=O) groups is 2. The lowest BCUT2D eigenvalue weighted by molar-refractivity contribution is -0.130. The summed E-state index contributed by atoms with van der Waals surface area (Å²) in [5.41, 5.74) is 6.06. The number of carbonyl (C=O) groups excluding carboxylic acids is 2. The molecule has 2 N–H and O–H groups in total. The van der Waals surface area contributed by atoms with Crippen LogP contribution in [-0.4, -0.2) is 31.5 Å². The maximum atomic E-state index is 13.3. The van der Waals surface area contributed by atoms with Gasteiger partial charge in [0.05, 0.1) is 7.11 Å². The monoisotopic (exact) mass is 370 g/mol. The summed E-state index contributed by atoms with van der Waals surface area (Å²) < 4.78 is 28.9. The van der Waals surface area contributed by atoms with Crippen LogP contribution in [0.1, 0.15) is 11.1 Å². The van der Waals surface area contributed by atoms with Gasteiger partial charge in [-0.2, -0.15) is 0 Å². The molecule has 27 heavy (non-hydrogen) atoms. The summed E-state index contributed by atoms with van der Waals surface area (Å²) in [4.78, 5) is 27.0. The highest BCUT2D eigenvalue weighted by Crippen LogP contribution is 2.29. The van der Waals surface area contributed by atoms with Crippen molar-refractivity contribution in [1.82, 2.24) is 0 Å². The second-order valence-electron chi connectivity index (χ2n) is 5.51. The zero-order chi connectivity index (χ0) is 19.4. The van der Waals surface area contributed by atoms with E-state index in [1.54, 1.807) is 24.3 Å².